The van der Waals surface area contributed by atoms with Crippen LogP contribution in [0.15, 0.2) is 0 Å². The zero-order valence-electron chi connectivity index (χ0n) is 11.6. The fraction of sp³-hybridized carbons (Fsp3) is 1.00. The molecule has 1 unspecified atom stereocenters. The van der Waals surface area contributed by atoms with Crippen molar-refractivity contribution < 1.29 is 8.85 Å². The van der Waals surface area contributed by atoms with Gasteiger partial charge in [-0.1, -0.05) is 27.7 Å². The molecule has 0 saturated carbocycles. The number of hydrogen-bond acceptors (Lipinski definition) is 2. The van der Waals surface area contributed by atoms with E-state index in [1.807, 2.05) is 0 Å². The molecular formula is C12H28O2Si. The average Bonchev–Trinajstić information content (AvgIpc) is 1.98. The minimum Gasteiger partial charge on any atom is -0.394 e. The van der Waals surface area contributed by atoms with Gasteiger partial charge in [-0.05, 0) is 33.1 Å². The van der Waals surface area contributed by atoms with E-state index in [1.54, 1.807) is 0 Å². The Morgan fingerprint density at radius 3 is 1.33 bits per heavy atom. The molecule has 0 aromatic heterocycles. The Hall–Kier alpha value is 0.137. The molecule has 3 heteroatoms. The van der Waals surface area contributed by atoms with E-state index < -0.39 is 9.28 Å². The van der Waals surface area contributed by atoms with E-state index in [4.69, 9.17) is 8.85 Å². The summed E-state index contributed by atoms with van der Waals surface area (Å²) in [5.41, 5.74) is 0.781. The minimum absolute atomic E-state index is 0.265. The molecule has 0 aromatic rings. The van der Waals surface area contributed by atoms with Crippen molar-refractivity contribution in [3.8, 4) is 0 Å². The molecule has 0 rings (SSSR count). The predicted molar refractivity (Wildman–Crippen MR) is 68.5 cm³/mol. The van der Waals surface area contributed by atoms with Crippen LogP contribution in [0.2, 0.25) is 5.54 Å². The number of rotatable bonds is 5. The predicted octanol–water partition coefficient (Wildman–Crippen LogP) is 3.49. The quantitative estimate of drug-likeness (QED) is 0.676. The van der Waals surface area contributed by atoms with Crippen LogP contribution in [-0.2, 0) is 8.85 Å². The summed E-state index contributed by atoms with van der Waals surface area (Å²) in [6, 6.07) is 0. The van der Waals surface area contributed by atoms with Crippen LogP contribution in [-0.4, -0.2) is 21.5 Å². The van der Waals surface area contributed by atoms with Crippen LogP contribution < -0.4 is 0 Å². The SMILES string of the molecule is CC(C)O[SiH](OC(C)C)C(C)C(C)(C)C. The van der Waals surface area contributed by atoms with Crippen LogP contribution >= 0.6 is 0 Å². The third-order valence-electron chi connectivity index (χ3n) is 2.59. The van der Waals surface area contributed by atoms with Gasteiger partial charge in [0.2, 0.25) is 0 Å². The standard InChI is InChI=1S/C12H28O2Si/c1-9(2)13-15(14-10(3)4)11(5)12(6,7)8/h9-11,15H,1-8H3. The normalized spacial score (nSPS) is 15.4. The summed E-state index contributed by atoms with van der Waals surface area (Å²) in [6.45, 7) is 17.3. The smallest absolute Gasteiger partial charge is 0.325 e. The van der Waals surface area contributed by atoms with Gasteiger partial charge in [-0.15, -0.1) is 0 Å². The summed E-state index contributed by atoms with van der Waals surface area (Å²) in [4.78, 5) is 0. The van der Waals surface area contributed by atoms with Gasteiger partial charge in [-0.25, -0.2) is 0 Å². The maximum Gasteiger partial charge on any atom is 0.325 e. The molecule has 0 spiro atoms. The van der Waals surface area contributed by atoms with Crippen molar-refractivity contribution in [2.24, 2.45) is 5.41 Å². The Morgan fingerprint density at radius 2 is 1.13 bits per heavy atom. The Bertz CT molecular complexity index is 163. The molecule has 0 saturated heterocycles. The maximum absolute atomic E-state index is 5.97. The lowest BCUT2D eigenvalue weighted by molar-refractivity contribution is 0.112. The average molecular weight is 232 g/mol. The van der Waals surface area contributed by atoms with Crippen molar-refractivity contribution in [3.05, 3.63) is 0 Å². The van der Waals surface area contributed by atoms with E-state index >= 15 is 0 Å². The molecule has 2 nitrogen and oxygen atoms in total. The lowest BCUT2D eigenvalue weighted by Crippen LogP contribution is -2.38. The monoisotopic (exact) mass is 232 g/mol. The van der Waals surface area contributed by atoms with Gasteiger partial charge in [0.25, 0.3) is 0 Å². The zero-order chi connectivity index (χ0) is 12.2. The van der Waals surface area contributed by atoms with Crippen molar-refractivity contribution in [2.45, 2.75) is 73.1 Å². The van der Waals surface area contributed by atoms with E-state index in [0.717, 1.165) is 0 Å². The Kier molecular flexibility index (Phi) is 6.07. The van der Waals surface area contributed by atoms with Crippen molar-refractivity contribution in [1.29, 1.82) is 0 Å². The minimum atomic E-state index is -1.57. The fourth-order valence-electron chi connectivity index (χ4n) is 1.21. The van der Waals surface area contributed by atoms with Gasteiger partial charge in [0.05, 0.1) is 0 Å². The van der Waals surface area contributed by atoms with E-state index in [0.29, 0.717) is 5.54 Å². The molecular weight excluding hydrogens is 204 g/mol. The van der Waals surface area contributed by atoms with Crippen LogP contribution in [0.4, 0.5) is 0 Å². The molecule has 0 aliphatic heterocycles. The van der Waals surface area contributed by atoms with Crippen LogP contribution in [0.5, 0.6) is 0 Å². The van der Waals surface area contributed by atoms with Crippen LogP contribution in [0.3, 0.4) is 0 Å². The third kappa shape index (κ3) is 6.33. The van der Waals surface area contributed by atoms with Crippen LogP contribution in [0.1, 0.15) is 55.4 Å². The second-order valence-corrected chi connectivity index (χ2v) is 8.17. The van der Waals surface area contributed by atoms with E-state index in [-0.39, 0.29) is 17.6 Å². The van der Waals surface area contributed by atoms with Crippen LogP contribution in [0, 0.1) is 5.41 Å². The first-order valence-corrected chi connectivity index (χ1v) is 7.56. The molecule has 0 aromatic carbocycles. The van der Waals surface area contributed by atoms with Gasteiger partial charge in [0.1, 0.15) is 0 Å². The second kappa shape index (κ2) is 6.02. The summed E-state index contributed by atoms with van der Waals surface area (Å²) >= 11 is 0. The highest BCUT2D eigenvalue weighted by Crippen LogP contribution is 2.34. The summed E-state index contributed by atoms with van der Waals surface area (Å²) in [6.07, 6.45) is 0.537. The second-order valence-electron chi connectivity index (χ2n) is 5.89. The lowest BCUT2D eigenvalue weighted by atomic mass is 9.93. The van der Waals surface area contributed by atoms with Crippen molar-refractivity contribution in [1.82, 2.24) is 0 Å². The van der Waals surface area contributed by atoms with Gasteiger partial charge in [-0.3, -0.25) is 0 Å². The van der Waals surface area contributed by atoms with Gasteiger partial charge in [0.15, 0.2) is 0 Å². The molecule has 0 amide bonds. The molecule has 1 atom stereocenters. The molecule has 0 aliphatic carbocycles. The highest BCUT2D eigenvalue weighted by molar-refractivity contribution is 6.46. The number of hydrogen-bond donors (Lipinski definition) is 0. The molecule has 0 N–H and O–H groups in total. The molecule has 0 bridgehead atoms. The first kappa shape index (κ1) is 15.1. The third-order valence-corrected chi connectivity index (χ3v) is 6.03. The first-order chi connectivity index (χ1) is 6.64. The summed E-state index contributed by atoms with van der Waals surface area (Å²) in [5, 5.41) is 0. The molecule has 0 fully saturated rings. The molecule has 15 heavy (non-hydrogen) atoms. The largest absolute Gasteiger partial charge is 0.394 e. The Balaban J connectivity index is 4.47. The molecule has 92 valence electrons. The summed E-state index contributed by atoms with van der Waals surface area (Å²) < 4.78 is 11.9. The zero-order valence-corrected chi connectivity index (χ0v) is 12.8. The van der Waals surface area contributed by atoms with Crippen molar-refractivity contribution in [3.63, 3.8) is 0 Å². The highest BCUT2D eigenvalue weighted by atomic mass is 28.3. The highest BCUT2D eigenvalue weighted by Gasteiger charge is 2.33. The Labute approximate surface area is 97.2 Å². The van der Waals surface area contributed by atoms with Crippen molar-refractivity contribution >= 4 is 9.28 Å². The summed E-state index contributed by atoms with van der Waals surface area (Å²) in [7, 11) is -1.57. The maximum atomic E-state index is 5.97. The van der Waals surface area contributed by atoms with E-state index in [9.17, 15) is 0 Å². The van der Waals surface area contributed by atoms with Crippen LogP contribution in [0.25, 0.3) is 0 Å². The topological polar surface area (TPSA) is 18.5 Å². The Morgan fingerprint density at radius 1 is 0.800 bits per heavy atom. The first-order valence-electron chi connectivity index (χ1n) is 5.95. The van der Waals surface area contributed by atoms with E-state index in [1.165, 1.54) is 0 Å². The molecule has 0 radical (unpaired) electrons. The van der Waals surface area contributed by atoms with Gasteiger partial charge in [0, 0.05) is 17.7 Å². The fourth-order valence-corrected chi connectivity index (χ4v) is 3.64. The van der Waals surface area contributed by atoms with Gasteiger partial charge >= 0.3 is 9.28 Å². The summed E-state index contributed by atoms with van der Waals surface area (Å²) in [5.74, 6) is 0. The lowest BCUT2D eigenvalue weighted by Gasteiger charge is -2.34. The van der Waals surface area contributed by atoms with Gasteiger partial charge < -0.3 is 8.85 Å². The molecule has 0 heterocycles. The molecule has 0 aliphatic rings. The van der Waals surface area contributed by atoms with E-state index in [2.05, 4.69) is 55.4 Å². The van der Waals surface area contributed by atoms with Gasteiger partial charge in [-0.2, -0.15) is 0 Å². The van der Waals surface area contributed by atoms with Crippen molar-refractivity contribution in [2.75, 3.05) is 0 Å².